The maximum atomic E-state index is 10.1. The summed E-state index contributed by atoms with van der Waals surface area (Å²) >= 11 is 0. The summed E-state index contributed by atoms with van der Waals surface area (Å²) in [6.07, 6.45) is 4.68. The van der Waals surface area contributed by atoms with Crippen LogP contribution in [0, 0.1) is 13.8 Å². The molecule has 0 aliphatic heterocycles. The van der Waals surface area contributed by atoms with Gasteiger partial charge in [-0.05, 0) is 78.6 Å². The van der Waals surface area contributed by atoms with Crippen molar-refractivity contribution in [2.24, 2.45) is 0 Å². The van der Waals surface area contributed by atoms with E-state index in [-0.39, 0.29) is 0 Å². The van der Waals surface area contributed by atoms with Gasteiger partial charge in [-0.25, -0.2) is 0 Å². The lowest BCUT2D eigenvalue weighted by molar-refractivity contribution is 0.466. The zero-order chi connectivity index (χ0) is 17.0. The van der Waals surface area contributed by atoms with Gasteiger partial charge in [0.2, 0.25) is 0 Å². The third kappa shape index (κ3) is 4.07. The van der Waals surface area contributed by atoms with Crippen LogP contribution >= 0.6 is 0 Å². The van der Waals surface area contributed by atoms with Crippen molar-refractivity contribution in [1.82, 2.24) is 0 Å². The molecule has 0 amide bonds. The molecule has 2 aromatic carbocycles. The average molecular weight is 312 g/mol. The van der Waals surface area contributed by atoms with Crippen molar-refractivity contribution >= 4 is 0 Å². The van der Waals surface area contributed by atoms with Gasteiger partial charge in [0.25, 0.3) is 0 Å². The summed E-state index contributed by atoms with van der Waals surface area (Å²) in [5.74, 6) is 0.810. The van der Waals surface area contributed by atoms with Crippen molar-refractivity contribution in [1.29, 1.82) is 0 Å². The van der Waals surface area contributed by atoms with Crippen LogP contribution in [0.5, 0.6) is 11.5 Å². The van der Waals surface area contributed by atoms with Crippen LogP contribution in [0.1, 0.15) is 60.1 Å². The van der Waals surface area contributed by atoms with E-state index < -0.39 is 0 Å². The highest BCUT2D eigenvalue weighted by molar-refractivity contribution is 5.47. The molecule has 23 heavy (non-hydrogen) atoms. The number of benzene rings is 2. The second-order valence-electron chi connectivity index (χ2n) is 6.49. The first kappa shape index (κ1) is 17.4. The molecule has 2 aromatic rings. The Balaban J connectivity index is 2.38. The van der Waals surface area contributed by atoms with Gasteiger partial charge in [0, 0.05) is 0 Å². The smallest absolute Gasteiger partial charge is 0.119 e. The first-order chi connectivity index (χ1) is 11.0. The molecule has 0 heterocycles. The summed E-state index contributed by atoms with van der Waals surface area (Å²) in [6.45, 7) is 8.35. The molecular formula is C21H28O2. The third-order valence-corrected chi connectivity index (χ3v) is 4.49. The molecule has 0 bridgehead atoms. The van der Waals surface area contributed by atoms with Crippen molar-refractivity contribution in [2.75, 3.05) is 0 Å². The van der Waals surface area contributed by atoms with E-state index in [2.05, 4.69) is 26.0 Å². The van der Waals surface area contributed by atoms with Crippen molar-refractivity contribution in [3.8, 4) is 11.5 Å². The molecule has 0 aliphatic carbocycles. The highest BCUT2D eigenvalue weighted by atomic mass is 16.3. The molecule has 0 atom stereocenters. The fourth-order valence-corrected chi connectivity index (χ4v) is 3.10. The van der Waals surface area contributed by atoms with Gasteiger partial charge in [-0.15, -0.1) is 0 Å². The van der Waals surface area contributed by atoms with Crippen LogP contribution in [0.4, 0.5) is 0 Å². The van der Waals surface area contributed by atoms with Crippen molar-refractivity contribution in [2.45, 2.75) is 59.8 Å². The van der Waals surface area contributed by atoms with Gasteiger partial charge >= 0.3 is 0 Å². The van der Waals surface area contributed by atoms with Crippen LogP contribution in [0.3, 0.4) is 0 Å². The number of phenols is 2. The molecule has 0 saturated carbocycles. The SMILES string of the molecule is CCCc1cc(Cc2cc(CCC)c(O)cc2C)c(C)cc1O. The van der Waals surface area contributed by atoms with Crippen LogP contribution in [0.25, 0.3) is 0 Å². The van der Waals surface area contributed by atoms with Gasteiger partial charge in [-0.1, -0.05) is 38.8 Å². The fourth-order valence-electron chi connectivity index (χ4n) is 3.10. The summed E-state index contributed by atoms with van der Waals surface area (Å²) in [7, 11) is 0. The first-order valence-corrected chi connectivity index (χ1v) is 8.59. The lowest BCUT2D eigenvalue weighted by Crippen LogP contribution is -1.99. The van der Waals surface area contributed by atoms with Crippen LogP contribution in [0.2, 0.25) is 0 Å². The maximum absolute atomic E-state index is 10.1. The van der Waals surface area contributed by atoms with Crippen LogP contribution in [0.15, 0.2) is 24.3 Å². The highest BCUT2D eigenvalue weighted by Crippen LogP contribution is 2.29. The van der Waals surface area contributed by atoms with Gasteiger partial charge in [-0.2, -0.15) is 0 Å². The number of rotatable bonds is 6. The van der Waals surface area contributed by atoms with E-state index in [9.17, 15) is 10.2 Å². The quantitative estimate of drug-likeness (QED) is 0.768. The lowest BCUT2D eigenvalue weighted by atomic mass is 9.92. The van der Waals surface area contributed by atoms with Gasteiger partial charge in [0.1, 0.15) is 11.5 Å². The molecule has 0 spiro atoms. The van der Waals surface area contributed by atoms with Gasteiger partial charge in [0.15, 0.2) is 0 Å². The van der Waals surface area contributed by atoms with E-state index in [0.29, 0.717) is 11.5 Å². The second-order valence-corrected chi connectivity index (χ2v) is 6.49. The zero-order valence-electron chi connectivity index (χ0n) is 14.7. The topological polar surface area (TPSA) is 40.5 Å². The molecule has 0 aliphatic rings. The van der Waals surface area contributed by atoms with E-state index in [1.54, 1.807) is 0 Å². The number of hydrogen-bond acceptors (Lipinski definition) is 2. The Labute approximate surface area is 139 Å². The minimum atomic E-state index is 0.405. The van der Waals surface area contributed by atoms with E-state index in [4.69, 9.17) is 0 Å². The summed E-state index contributed by atoms with van der Waals surface area (Å²) < 4.78 is 0. The van der Waals surface area contributed by atoms with Crippen molar-refractivity contribution in [3.63, 3.8) is 0 Å². The summed E-state index contributed by atoms with van der Waals surface area (Å²) in [6, 6.07) is 8.03. The van der Waals surface area contributed by atoms with Gasteiger partial charge in [-0.3, -0.25) is 0 Å². The van der Waals surface area contributed by atoms with Gasteiger partial charge in [0.05, 0.1) is 0 Å². The van der Waals surface area contributed by atoms with E-state index in [1.807, 2.05) is 26.0 Å². The summed E-state index contributed by atoms with van der Waals surface area (Å²) in [4.78, 5) is 0. The third-order valence-electron chi connectivity index (χ3n) is 4.49. The molecular weight excluding hydrogens is 284 g/mol. The predicted molar refractivity (Wildman–Crippen MR) is 96.5 cm³/mol. The van der Waals surface area contributed by atoms with E-state index in [1.165, 1.54) is 11.1 Å². The Bertz CT molecular complexity index is 627. The molecule has 124 valence electrons. The normalized spacial score (nSPS) is 11.0. The predicted octanol–water partition coefficient (Wildman–Crippen LogP) is 5.21. The van der Waals surface area contributed by atoms with Crippen molar-refractivity contribution < 1.29 is 10.2 Å². The van der Waals surface area contributed by atoms with Crippen molar-refractivity contribution in [3.05, 3.63) is 57.6 Å². The number of aromatic hydroxyl groups is 2. The first-order valence-electron chi connectivity index (χ1n) is 8.59. The molecule has 0 saturated heterocycles. The van der Waals surface area contributed by atoms with Crippen LogP contribution < -0.4 is 0 Å². The molecule has 2 nitrogen and oxygen atoms in total. The van der Waals surface area contributed by atoms with Crippen LogP contribution in [-0.2, 0) is 19.3 Å². The lowest BCUT2D eigenvalue weighted by Gasteiger charge is -2.14. The summed E-state index contributed by atoms with van der Waals surface area (Å²) in [5, 5.41) is 20.2. The fraction of sp³-hybridized carbons (Fsp3) is 0.429. The minimum absolute atomic E-state index is 0.405. The molecule has 0 radical (unpaired) electrons. The molecule has 2 heteroatoms. The average Bonchev–Trinajstić information content (AvgIpc) is 2.49. The molecule has 0 aromatic heterocycles. The minimum Gasteiger partial charge on any atom is -0.508 e. The molecule has 2 rings (SSSR count). The zero-order valence-corrected chi connectivity index (χ0v) is 14.7. The van der Waals surface area contributed by atoms with E-state index >= 15 is 0 Å². The number of hydrogen-bond donors (Lipinski definition) is 2. The van der Waals surface area contributed by atoms with E-state index in [0.717, 1.165) is 54.4 Å². The standard InChI is InChI=1S/C21H28O2/c1-5-7-16-11-18(14(3)9-20(16)22)13-19-12-17(8-6-2)21(23)10-15(19)4/h9-12,22-23H,5-8,13H2,1-4H3. The Morgan fingerprint density at radius 2 is 1.04 bits per heavy atom. The van der Waals surface area contributed by atoms with Crippen LogP contribution in [-0.4, -0.2) is 10.2 Å². The Hall–Kier alpha value is -1.96. The Kier molecular flexibility index (Phi) is 5.70. The second kappa shape index (κ2) is 7.54. The number of phenolic OH excluding ortho intramolecular Hbond substituents is 2. The molecule has 0 fully saturated rings. The Morgan fingerprint density at radius 3 is 1.39 bits per heavy atom. The number of aryl methyl sites for hydroxylation is 4. The largest absolute Gasteiger partial charge is 0.508 e. The Morgan fingerprint density at radius 1 is 0.652 bits per heavy atom. The highest BCUT2D eigenvalue weighted by Gasteiger charge is 2.11. The monoisotopic (exact) mass is 312 g/mol. The maximum Gasteiger partial charge on any atom is 0.119 e. The van der Waals surface area contributed by atoms with Gasteiger partial charge < -0.3 is 10.2 Å². The summed E-state index contributed by atoms with van der Waals surface area (Å²) in [5.41, 5.74) is 6.79. The molecule has 2 N–H and O–H groups in total. The molecule has 0 unspecified atom stereocenters.